The first-order valence-corrected chi connectivity index (χ1v) is 8.90. The maximum absolute atomic E-state index is 11.0. The van der Waals surface area contributed by atoms with Gasteiger partial charge in [-0.15, -0.1) is 0 Å². The minimum atomic E-state index is -0.103. The van der Waals surface area contributed by atoms with Gasteiger partial charge < -0.3 is 10.2 Å². The molecular formula is C22H23N3O. The molecule has 1 aliphatic heterocycles. The predicted molar refractivity (Wildman–Crippen MR) is 105 cm³/mol. The van der Waals surface area contributed by atoms with Gasteiger partial charge in [0.2, 0.25) is 5.91 Å². The van der Waals surface area contributed by atoms with Crippen molar-refractivity contribution < 1.29 is 4.79 Å². The summed E-state index contributed by atoms with van der Waals surface area (Å²) in [6.07, 6.45) is 17.9. The Morgan fingerprint density at radius 3 is 2.88 bits per heavy atom. The van der Waals surface area contributed by atoms with Crippen molar-refractivity contribution in [2.75, 3.05) is 18.4 Å². The zero-order valence-corrected chi connectivity index (χ0v) is 15.0. The van der Waals surface area contributed by atoms with E-state index in [2.05, 4.69) is 63.6 Å². The fraction of sp³-hybridized carbons (Fsp3) is 0.273. The molecule has 0 aromatic carbocycles. The average Bonchev–Trinajstić information content (AvgIpc) is 2.67. The predicted octanol–water partition coefficient (Wildman–Crippen LogP) is 3.81. The van der Waals surface area contributed by atoms with Crippen LogP contribution in [-0.2, 0) is 4.79 Å². The van der Waals surface area contributed by atoms with E-state index in [-0.39, 0.29) is 5.91 Å². The van der Waals surface area contributed by atoms with E-state index in [1.807, 2.05) is 12.1 Å². The molecule has 1 amide bonds. The lowest BCUT2D eigenvalue weighted by Gasteiger charge is -2.23. The monoisotopic (exact) mass is 345 g/mol. The molecule has 4 nitrogen and oxygen atoms in total. The van der Waals surface area contributed by atoms with Crippen LogP contribution < -0.4 is 5.32 Å². The number of hydrogen-bond donors (Lipinski definition) is 1. The van der Waals surface area contributed by atoms with Crippen molar-refractivity contribution in [3.8, 4) is 11.8 Å². The first kappa shape index (κ1) is 17.8. The third-order valence-corrected chi connectivity index (χ3v) is 4.21. The lowest BCUT2D eigenvalue weighted by molar-refractivity contribution is -0.114. The Balaban J connectivity index is 1.44. The smallest absolute Gasteiger partial charge is 0.221 e. The zero-order chi connectivity index (χ0) is 18.2. The highest BCUT2D eigenvalue weighted by molar-refractivity contribution is 5.88. The number of anilines is 1. The molecule has 0 atom stereocenters. The maximum atomic E-state index is 11.0. The molecule has 0 saturated heterocycles. The van der Waals surface area contributed by atoms with Crippen LogP contribution in [0.15, 0.2) is 66.1 Å². The Kier molecular flexibility index (Phi) is 6.05. The molecule has 2 aliphatic rings. The molecule has 0 radical (unpaired) electrons. The van der Waals surface area contributed by atoms with Crippen molar-refractivity contribution in [2.24, 2.45) is 0 Å². The van der Waals surface area contributed by atoms with Gasteiger partial charge in [0.15, 0.2) is 0 Å². The molecule has 1 aromatic heterocycles. The molecule has 2 heterocycles. The van der Waals surface area contributed by atoms with Crippen LogP contribution in [0.3, 0.4) is 0 Å². The number of pyridine rings is 1. The summed E-state index contributed by atoms with van der Waals surface area (Å²) in [7, 11) is 0. The van der Waals surface area contributed by atoms with E-state index in [9.17, 15) is 4.79 Å². The van der Waals surface area contributed by atoms with Crippen molar-refractivity contribution in [2.45, 2.75) is 26.2 Å². The second kappa shape index (κ2) is 8.87. The van der Waals surface area contributed by atoms with Crippen LogP contribution in [0.4, 0.5) is 5.69 Å². The number of hydrogen-bond acceptors (Lipinski definition) is 3. The number of aromatic nitrogens is 1. The second-order valence-corrected chi connectivity index (χ2v) is 6.28. The third kappa shape index (κ3) is 5.22. The maximum Gasteiger partial charge on any atom is 0.221 e. The lowest BCUT2D eigenvalue weighted by Crippen LogP contribution is -2.21. The Bertz CT molecular complexity index is 832. The van der Waals surface area contributed by atoms with E-state index in [0.29, 0.717) is 11.4 Å². The molecule has 3 rings (SSSR count). The van der Waals surface area contributed by atoms with Gasteiger partial charge in [0.05, 0.1) is 11.9 Å². The summed E-state index contributed by atoms with van der Waals surface area (Å²) in [6, 6.07) is 3.63. The minimum Gasteiger partial charge on any atom is -0.373 e. The highest BCUT2D eigenvalue weighted by atomic mass is 16.1. The second-order valence-electron chi connectivity index (χ2n) is 6.28. The van der Waals surface area contributed by atoms with Crippen molar-refractivity contribution in [1.29, 1.82) is 0 Å². The van der Waals surface area contributed by atoms with E-state index >= 15 is 0 Å². The van der Waals surface area contributed by atoms with Crippen molar-refractivity contribution in [3.05, 3.63) is 71.7 Å². The molecule has 1 aromatic rings. The van der Waals surface area contributed by atoms with Gasteiger partial charge in [-0.1, -0.05) is 30.2 Å². The summed E-state index contributed by atoms with van der Waals surface area (Å²) in [6.45, 7) is 3.30. The van der Waals surface area contributed by atoms with Gasteiger partial charge in [-0.3, -0.25) is 4.79 Å². The van der Waals surface area contributed by atoms with Gasteiger partial charge >= 0.3 is 0 Å². The topological polar surface area (TPSA) is 45.2 Å². The Labute approximate surface area is 155 Å². The van der Waals surface area contributed by atoms with Gasteiger partial charge in [0, 0.05) is 26.4 Å². The van der Waals surface area contributed by atoms with Crippen LogP contribution in [0, 0.1) is 11.8 Å². The molecule has 0 unspecified atom stereocenters. The van der Waals surface area contributed by atoms with Gasteiger partial charge in [-0.05, 0) is 54.3 Å². The molecule has 0 fully saturated rings. The van der Waals surface area contributed by atoms with Crippen molar-refractivity contribution >= 4 is 11.6 Å². The summed E-state index contributed by atoms with van der Waals surface area (Å²) < 4.78 is 0. The van der Waals surface area contributed by atoms with Crippen LogP contribution in [0.2, 0.25) is 0 Å². The first-order valence-electron chi connectivity index (χ1n) is 8.90. The summed E-state index contributed by atoms with van der Waals surface area (Å²) in [5.74, 6) is 6.13. The number of carbonyl (C=O) groups is 1. The van der Waals surface area contributed by atoms with Crippen LogP contribution in [0.5, 0.6) is 0 Å². The van der Waals surface area contributed by atoms with Crippen LogP contribution >= 0.6 is 0 Å². The van der Waals surface area contributed by atoms with Gasteiger partial charge in [0.25, 0.3) is 0 Å². The van der Waals surface area contributed by atoms with Crippen LogP contribution in [-0.4, -0.2) is 28.9 Å². The summed E-state index contributed by atoms with van der Waals surface area (Å²) in [4.78, 5) is 17.5. The largest absolute Gasteiger partial charge is 0.373 e. The first-order chi connectivity index (χ1) is 12.7. The van der Waals surface area contributed by atoms with Crippen molar-refractivity contribution in [3.63, 3.8) is 0 Å². The number of nitrogens with one attached hydrogen (secondary N) is 1. The number of amides is 1. The number of allylic oxidation sites excluding steroid dienone is 6. The molecule has 0 bridgehead atoms. The summed E-state index contributed by atoms with van der Waals surface area (Å²) in [5.41, 5.74) is 4.18. The summed E-state index contributed by atoms with van der Waals surface area (Å²) in [5, 5.41) is 2.69. The Morgan fingerprint density at radius 2 is 2.23 bits per heavy atom. The van der Waals surface area contributed by atoms with Gasteiger partial charge in [0.1, 0.15) is 5.69 Å². The third-order valence-electron chi connectivity index (χ3n) is 4.21. The van der Waals surface area contributed by atoms with Crippen LogP contribution in [0.25, 0.3) is 0 Å². The highest BCUT2D eigenvalue weighted by Crippen LogP contribution is 2.23. The normalized spacial score (nSPS) is 15.7. The van der Waals surface area contributed by atoms with E-state index in [4.69, 9.17) is 0 Å². The molecule has 1 N–H and O–H groups in total. The van der Waals surface area contributed by atoms with E-state index < -0.39 is 0 Å². The Hall–Kier alpha value is -3.06. The van der Waals surface area contributed by atoms with Crippen molar-refractivity contribution in [1.82, 2.24) is 9.88 Å². The molecule has 132 valence electrons. The molecule has 0 saturated carbocycles. The minimum absolute atomic E-state index is 0.103. The quantitative estimate of drug-likeness (QED) is 0.667. The number of rotatable bonds is 4. The fourth-order valence-corrected chi connectivity index (χ4v) is 2.87. The average molecular weight is 345 g/mol. The van der Waals surface area contributed by atoms with E-state index in [1.165, 1.54) is 18.1 Å². The van der Waals surface area contributed by atoms with E-state index in [0.717, 1.165) is 32.4 Å². The fourth-order valence-electron chi connectivity index (χ4n) is 2.87. The van der Waals surface area contributed by atoms with Gasteiger partial charge in [-0.25, -0.2) is 4.98 Å². The van der Waals surface area contributed by atoms with Gasteiger partial charge in [-0.2, -0.15) is 0 Å². The SMILES string of the molecule is CC(=O)Nc1ccc(C#CCCN2C=CC(C3=CCC=CC3)=CC2)nc1. The lowest BCUT2D eigenvalue weighted by atomic mass is 9.96. The zero-order valence-electron chi connectivity index (χ0n) is 15.0. The standard InChI is InChI=1S/C22H23N3O/c1-18(26)24-22-11-10-21(23-17-22)9-5-6-14-25-15-12-20(13-16-25)19-7-3-2-4-8-19/h2-3,8,10-13,15,17H,4,6-7,14,16H2,1H3,(H,24,26). The number of nitrogens with zero attached hydrogens (tertiary/aromatic N) is 2. The molecule has 0 spiro atoms. The Morgan fingerprint density at radius 1 is 1.31 bits per heavy atom. The molecular weight excluding hydrogens is 322 g/mol. The summed E-state index contributed by atoms with van der Waals surface area (Å²) >= 11 is 0. The van der Waals surface area contributed by atoms with E-state index in [1.54, 1.807) is 6.20 Å². The van der Waals surface area contributed by atoms with Crippen LogP contribution in [0.1, 0.15) is 31.9 Å². The number of carbonyl (C=O) groups excluding carboxylic acids is 1. The molecule has 26 heavy (non-hydrogen) atoms. The highest BCUT2D eigenvalue weighted by Gasteiger charge is 2.08. The molecule has 4 heteroatoms. The molecule has 1 aliphatic carbocycles.